The highest BCUT2D eigenvalue weighted by molar-refractivity contribution is 5.73. The number of carbonyl (C=O) groups excluding carboxylic acids is 1. The summed E-state index contributed by atoms with van der Waals surface area (Å²) in [5.74, 6) is 2.10. The van der Waals surface area contributed by atoms with Crippen molar-refractivity contribution >= 4 is 6.03 Å². The van der Waals surface area contributed by atoms with Gasteiger partial charge in [-0.05, 0) is 30.0 Å². The van der Waals surface area contributed by atoms with Crippen LogP contribution in [0.25, 0.3) is 0 Å². The molecule has 0 bridgehead atoms. The molecule has 5 heteroatoms. The number of carbonyl (C=O) groups is 1. The highest BCUT2D eigenvalue weighted by Gasteiger charge is 2.11. The van der Waals surface area contributed by atoms with E-state index >= 15 is 0 Å². The number of ether oxygens (including phenoxy) is 2. The molecule has 0 aromatic heterocycles. The number of hydrogen-bond donors (Lipinski definition) is 2. The van der Waals surface area contributed by atoms with E-state index in [1.165, 1.54) is 0 Å². The average Bonchev–Trinajstić information content (AvgIpc) is 2.44. The maximum atomic E-state index is 11.6. The van der Waals surface area contributed by atoms with Crippen LogP contribution >= 0.6 is 0 Å². The van der Waals surface area contributed by atoms with E-state index in [0.29, 0.717) is 32.2 Å². The fraction of sp³-hybridized carbons (Fsp3) is 0.533. The molecule has 1 aromatic rings. The Labute approximate surface area is 119 Å². The van der Waals surface area contributed by atoms with Crippen molar-refractivity contribution < 1.29 is 14.3 Å². The van der Waals surface area contributed by atoms with Gasteiger partial charge in [0.2, 0.25) is 0 Å². The monoisotopic (exact) mass is 278 g/mol. The first-order valence-corrected chi connectivity index (χ1v) is 7.05. The van der Waals surface area contributed by atoms with Gasteiger partial charge in [0, 0.05) is 13.1 Å². The summed E-state index contributed by atoms with van der Waals surface area (Å²) in [6.45, 7) is 6.60. The molecule has 2 rings (SSSR count). The molecule has 1 heterocycles. The number of fused-ring (bicyclic) bond motifs is 1. The summed E-state index contributed by atoms with van der Waals surface area (Å²) in [6.07, 6.45) is 0.984. The zero-order valence-corrected chi connectivity index (χ0v) is 12.1. The second kappa shape index (κ2) is 7.03. The maximum Gasteiger partial charge on any atom is 0.315 e. The Hall–Kier alpha value is -1.91. The summed E-state index contributed by atoms with van der Waals surface area (Å²) >= 11 is 0. The highest BCUT2D eigenvalue weighted by atomic mass is 16.6. The quantitative estimate of drug-likeness (QED) is 0.869. The van der Waals surface area contributed by atoms with Crippen molar-refractivity contribution in [2.24, 2.45) is 5.92 Å². The highest BCUT2D eigenvalue weighted by Crippen LogP contribution is 2.30. The molecule has 1 aromatic carbocycles. The predicted molar refractivity (Wildman–Crippen MR) is 77.1 cm³/mol. The van der Waals surface area contributed by atoms with Gasteiger partial charge in [-0.3, -0.25) is 0 Å². The third kappa shape index (κ3) is 4.33. The number of amides is 2. The van der Waals surface area contributed by atoms with Gasteiger partial charge in [0.15, 0.2) is 11.5 Å². The van der Waals surface area contributed by atoms with Crippen molar-refractivity contribution in [2.75, 3.05) is 19.8 Å². The van der Waals surface area contributed by atoms with E-state index in [1.54, 1.807) is 0 Å². The lowest BCUT2D eigenvalue weighted by molar-refractivity contribution is 0.171. The van der Waals surface area contributed by atoms with Crippen LogP contribution in [0, 0.1) is 5.92 Å². The second-order valence-corrected chi connectivity index (χ2v) is 5.27. The zero-order chi connectivity index (χ0) is 14.4. The van der Waals surface area contributed by atoms with Crippen LogP contribution in [0.2, 0.25) is 0 Å². The van der Waals surface area contributed by atoms with Crippen molar-refractivity contribution in [1.82, 2.24) is 10.6 Å². The van der Waals surface area contributed by atoms with Crippen molar-refractivity contribution in [3.05, 3.63) is 23.8 Å². The summed E-state index contributed by atoms with van der Waals surface area (Å²) in [4.78, 5) is 11.6. The first-order chi connectivity index (χ1) is 9.65. The maximum absolute atomic E-state index is 11.6. The normalized spacial score (nSPS) is 13.2. The molecule has 2 N–H and O–H groups in total. The number of hydrogen-bond acceptors (Lipinski definition) is 3. The predicted octanol–water partition coefficient (Wildman–Crippen LogP) is 2.30. The van der Waals surface area contributed by atoms with Gasteiger partial charge in [0.05, 0.1) is 0 Å². The Morgan fingerprint density at radius 2 is 1.95 bits per heavy atom. The van der Waals surface area contributed by atoms with E-state index in [0.717, 1.165) is 23.5 Å². The van der Waals surface area contributed by atoms with E-state index in [9.17, 15) is 4.79 Å². The molecular formula is C15H22N2O3. The summed E-state index contributed by atoms with van der Waals surface area (Å²) in [5.41, 5.74) is 0.994. The Morgan fingerprint density at radius 3 is 2.70 bits per heavy atom. The van der Waals surface area contributed by atoms with E-state index in [4.69, 9.17) is 9.47 Å². The van der Waals surface area contributed by atoms with Crippen molar-refractivity contribution in [1.29, 1.82) is 0 Å². The fourth-order valence-electron chi connectivity index (χ4n) is 1.92. The van der Waals surface area contributed by atoms with E-state index in [1.807, 2.05) is 18.2 Å². The van der Waals surface area contributed by atoms with Gasteiger partial charge < -0.3 is 20.1 Å². The van der Waals surface area contributed by atoms with Crippen molar-refractivity contribution in [3.63, 3.8) is 0 Å². The minimum absolute atomic E-state index is 0.138. The summed E-state index contributed by atoms with van der Waals surface area (Å²) < 4.78 is 11.0. The van der Waals surface area contributed by atoms with E-state index in [2.05, 4.69) is 24.5 Å². The second-order valence-electron chi connectivity index (χ2n) is 5.27. The Morgan fingerprint density at radius 1 is 1.20 bits per heavy atom. The van der Waals surface area contributed by atoms with Crippen LogP contribution in [0.1, 0.15) is 25.8 Å². The summed E-state index contributed by atoms with van der Waals surface area (Å²) in [6, 6.07) is 5.58. The van der Waals surface area contributed by atoms with Crippen LogP contribution in [0.4, 0.5) is 4.79 Å². The van der Waals surface area contributed by atoms with Crippen LogP contribution in [0.3, 0.4) is 0 Å². The summed E-state index contributed by atoms with van der Waals surface area (Å²) in [7, 11) is 0. The Balaban J connectivity index is 1.77. The molecule has 0 radical (unpaired) electrons. The standard InChI is InChI=1S/C15H22N2O3/c1-11(2)5-6-16-15(18)17-10-12-3-4-13-14(9-12)20-8-7-19-13/h3-4,9,11H,5-8,10H2,1-2H3,(H2,16,17,18). The molecule has 110 valence electrons. The van der Waals surface area contributed by atoms with Gasteiger partial charge in [-0.15, -0.1) is 0 Å². The third-order valence-corrected chi connectivity index (χ3v) is 3.07. The first kappa shape index (κ1) is 14.5. The molecule has 0 spiro atoms. The van der Waals surface area contributed by atoms with Crippen LogP contribution in [-0.2, 0) is 6.54 Å². The van der Waals surface area contributed by atoms with Gasteiger partial charge in [-0.25, -0.2) is 4.79 Å². The molecule has 2 amide bonds. The van der Waals surface area contributed by atoms with Crippen molar-refractivity contribution in [3.8, 4) is 11.5 Å². The summed E-state index contributed by atoms with van der Waals surface area (Å²) in [5, 5.41) is 5.67. The van der Waals surface area contributed by atoms with Gasteiger partial charge in [0.1, 0.15) is 13.2 Å². The fourth-order valence-corrected chi connectivity index (χ4v) is 1.92. The SMILES string of the molecule is CC(C)CCNC(=O)NCc1ccc2c(c1)OCCO2. The van der Waals surface area contributed by atoms with Crippen LogP contribution in [0.15, 0.2) is 18.2 Å². The molecule has 0 atom stereocenters. The third-order valence-electron chi connectivity index (χ3n) is 3.07. The molecule has 20 heavy (non-hydrogen) atoms. The largest absolute Gasteiger partial charge is 0.486 e. The number of benzene rings is 1. The smallest absolute Gasteiger partial charge is 0.315 e. The molecule has 0 saturated heterocycles. The number of urea groups is 1. The molecular weight excluding hydrogens is 256 g/mol. The molecule has 1 aliphatic heterocycles. The Kier molecular flexibility index (Phi) is 5.09. The van der Waals surface area contributed by atoms with Crippen LogP contribution < -0.4 is 20.1 Å². The lowest BCUT2D eigenvalue weighted by Gasteiger charge is -2.19. The molecule has 1 aliphatic rings. The topological polar surface area (TPSA) is 59.6 Å². The minimum Gasteiger partial charge on any atom is -0.486 e. The van der Waals surface area contributed by atoms with E-state index < -0.39 is 0 Å². The zero-order valence-electron chi connectivity index (χ0n) is 12.1. The molecule has 0 saturated carbocycles. The Bertz CT molecular complexity index is 460. The molecule has 0 unspecified atom stereocenters. The van der Waals surface area contributed by atoms with Gasteiger partial charge >= 0.3 is 6.03 Å². The van der Waals surface area contributed by atoms with Gasteiger partial charge in [0.25, 0.3) is 0 Å². The van der Waals surface area contributed by atoms with E-state index in [-0.39, 0.29) is 6.03 Å². The van der Waals surface area contributed by atoms with Crippen LogP contribution in [-0.4, -0.2) is 25.8 Å². The first-order valence-electron chi connectivity index (χ1n) is 7.05. The van der Waals surface area contributed by atoms with Gasteiger partial charge in [-0.2, -0.15) is 0 Å². The van der Waals surface area contributed by atoms with Crippen molar-refractivity contribution in [2.45, 2.75) is 26.8 Å². The molecule has 0 aliphatic carbocycles. The average molecular weight is 278 g/mol. The molecule has 0 fully saturated rings. The lowest BCUT2D eigenvalue weighted by atomic mass is 10.1. The van der Waals surface area contributed by atoms with Gasteiger partial charge in [-0.1, -0.05) is 19.9 Å². The lowest BCUT2D eigenvalue weighted by Crippen LogP contribution is -2.35. The number of nitrogens with one attached hydrogen (secondary N) is 2. The number of rotatable bonds is 5. The minimum atomic E-state index is -0.138. The van der Waals surface area contributed by atoms with Crippen LogP contribution in [0.5, 0.6) is 11.5 Å². The molecule has 5 nitrogen and oxygen atoms in total.